The second-order valence-corrected chi connectivity index (χ2v) is 10.3. The molecule has 1 N–H and O–H groups in total. The van der Waals surface area contributed by atoms with E-state index in [-0.39, 0.29) is 11.4 Å². The zero-order chi connectivity index (χ0) is 22.2. The molecule has 1 aliphatic rings. The summed E-state index contributed by atoms with van der Waals surface area (Å²) in [4.78, 5) is 20.2. The summed E-state index contributed by atoms with van der Waals surface area (Å²) in [6.07, 6.45) is 5.57. The Bertz CT molecular complexity index is 1260. The van der Waals surface area contributed by atoms with Gasteiger partial charge in [-0.2, -0.15) is 0 Å². The number of hydrogen-bond donors (Lipinski definition) is 1. The molecule has 8 nitrogen and oxygen atoms in total. The maximum Gasteiger partial charge on any atom is 0.327 e. The number of pyridine rings is 1. The van der Waals surface area contributed by atoms with Crippen LogP contribution in [0.15, 0.2) is 35.3 Å². The first-order chi connectivity index (χ1) is 14.8. The molecule has 1 aliphatic carbocycles. The molecule has 9 heteroatoms. The van der Waals surface area contributed by atoms with Gasteiger partial charge in [0, 0.05) is 12.5 Å². The van der Waals surface area contributed by atoms with Crippen LogP contribution in [0.5, 0.6) is 11.5 Å². The molecule has 1 fully saturated rings. The molecule has 1 saturated carbocycles. The summed E-state index contributed by atoms with van der Waals surface area (Å²) < 4.78 is 36.9. The van der Waals surface area contributed by atoms with Gasteiger partial charge in [0.15, 0.2) is 17.1 Å². The number of aromatic nitrogens is 3. The third-order valence-electron chi connectivity index (χ3n) is 5.48. The normalized spacial score (nSPS) is 15.2. The Morgan fingerprint density at radius 1 is 1.26 bits per heavy atom. The minimum Gasteiger partial charge on any atom is -0.493 e. The third kappa shape index (κ3) is 4.76. The number of nitrogens with one attached hydrogen (secondary N) is 1. The molecule has 1 aromatic carbocycles. The molecule has 1 unspecified atom stereocenters. The molecule has 0 aliphatic heterocycles. The topological polar surface area (TPSA) is 103 Å². The molecule has 4 rings (SSSR count). The molecular formula is C22H27N3O5S. The van der Waals surface area contributed by atoms with E-state index in [1.54, 1.807) is 19.4 Å². The van der Waals surface area contributed by atoms with E-state index in [2.05, 4.69) is 9.97 Å². The standard InChI is InChI=1S/C22H27N3O5S/c1-4-30-20-10-14(5-8-19(20)29-2)9-17(13-31(3,27)28)25-21-18(24-22(25)26)11-16(12-23-21)15-6-7-15/h5,8,10-12,15,17H,4,6-7,9,13H2,1-3H3,(H,24,26). The van der Waals surface area contributed by atoms with E-state index in [0.29, 0.717) is 41.6 Å². The third-order valence-corrected chi connectivity index (χ3v) is 6.47. The Hall–Kier alpha value is -2.81. The first-order valence-electron chi connectivity index (χ1n) is 10.4. The molecule has 2 aromatic heterocycles. The van der Waals surface area contributed by atoms with Crippen molar-refractivity contribution in [3.05, 3.63) is 52.1 Å². The quantitative estimate of drug-likeness (QED) is 0.543. The van der Waals surface area contributed by atoms with Crippen molar-refractivity contribution in [1.29, 1.82) is 0 Å². The van der Waals surface area contributed by atoms with Crippen molar-refractivity contribution in [1.82, 2.24) is 14.5 Å². The number of imidazole rings is 1. The van der Waals surface area contributed by atoms with Crippen LogP contribution in [0.2, 0.25) is 0 Å². The number of fused-ring (bicyclic) bond motifs is 1. The Morgan fingerprint density at radius 2 is 2.03 bits per heavy atom. The van der Waals surface area contributed by atoms with Crippen LogP contribution in [0.1, 0.15) is 42.9 Å². The molecule has 0 spiro atoms. The largest absolute Gasteiger partial charge is 0.493 e. The second kappa shape index (κ2) is 8.37. The molecule has 3 aromatic rings. The molecule has 31 heavy (non-hydrogen) atoms. The number of nitrogens with zero attached hydrogens (tertiary/aromatic N) is 2. The van der Waals surface area contributed by atoms with Gasteiger partial charge in [0.25, 0.3) is 0 Å². The second-order valence-electron chi connectivity index (χ2n) is 8.08. The van der Waals surface area contributed by atoms with Gasteiger partial charge in [-0.15, -0.1) is 0 Å². The highest BCUT2D eigenvalue weighted by Gasteiger charge is 2.27. The van der Waals surface area contributed by atoms with E-state index >= 15 is 0 Å². The minimum absolute atomic E-state index is 0.179. The van der Waals surface area contributed by atoms with Crippen molar-refractivity contribution in [3.63, 3.8) is 0 Å². The fourth-order valence-corrected chi connectivity index (χ4v) is 4.94. The van der Waals surface area contributed by atoms with Crippen LogP contribution in [0, 0.1) is 0 Å². The Morgan fingerprint density at radius 3 is 2.68 bits per heavy atom. The van der Waals surface area contributed by atoms with Crippen molar-refractivity contribution in [3.8, 4) is 11.5 Å². The molecule has 0 amide bonds. The van der Waals surface area contributed by atoms with Gasteiger partial charge >= 0.3 is 5.69 Å². The lowest BCUT2D eigenvalue weighted by Crippen LogP contribution is -2.29. The SMILES string of the molecule is CCOc1cc(CC(CS(C)(=O)=O)n2c(=O)[nH]c3cc(C4CC4)cnc32)ccc1OC. The predicted molar refractivity (Wildman–Crippen MR) is 119 cm³/mol. The maximum atomic E-state index is 12.9. The lowest BCUT2D eigenvalue weighted by Gasteiger charge is -2.19. The number of rotatable bonds is 9. The lowest BCUT2D eigenvalue weighted by atomic mass is 10.1. The van der Waals surface area contributed by atoms with Crippen LogP contribution in [0.25, 0.3) is 11.2 Å². The van der Waals surface area contributed by atoms with Crippen molar-refractivity contribution in [2.24, 2.45) is 0 Å². The number of hydrogen-bond acceptors (Lipinski definition) is 6. The van der Waals surface area contributed by atoms with Crippen LogP contribution >= 0.6 is 0 Å². The maximum absolute atomic E-state index is 12.9. The Balaban J connectivity index is 1.75. The fraction of sp³-hybridized carbons (Fsp3) is 0.455. The van der Waals surface area contributed by atoms with Crippen LogP contribution in [-0.4, -0.2) is 48.7 Å². The number of benzene rings is 1. The van der Waals surface area contributed by atoms with E-state index in [9.17, 15) is 13.2 Å². The van der Waals surface area contributed by atoms with E-state index < -0.39 is 15.9 Å². The highest BCUT2D eigenvalue weighted by molar-refractivity contribution is 7.90. The summed E-state index contributed by atoms with van der Waals surface area (Å²) in [5.41, 5.74) is 2.70. The summed E-state index contributed by atoms with van der Waals surface area (Å²) in [7, 11) is -1.79. The van der Waals surface area contributed by atoms with E-state index in [1.165, 1.54) is 10.8 Å². The first kappa shape index (κ1) is 21.4. The first-order valence-corrected chi connectivity index (χ1v) is 12.4. The summed E-state index contributed by atoms with van der Waals surface area (Å²) in [6, 6.07) is 6.82. The summed E-state index contributed by atoms with van der Waals surface area (Å²) in [5, 5.41) is 0. The van der Waals surface area contributed by atoms with Gasteiger partial charge < -0.3 is 14.5 Å². The van der Waals surface area contributed by atoms with Crippen LogP contribution < -0.4 is 15.2 Å². The highest BCUT2D eigenvalue weighted by atomic mass is 32.2. The van der Waals surface area contributed by atoms with Crippen molar-refractivity contribution < 1.29 is 17.9 Å². The molecule has 0 saturated heterocycles. The monoisotopic (exact) mass is 445 g/mol. The van der Waals surface area contributed by atoms with E-state index in [1.807, 2.05) is 25.1 Å². The molecule has 166 valence electrons. The van der Waals surface area contributed by atoms with Crippen molar-refractivity contribution in [2.45, 2.75) is 38.1 Å². The number of sulfone groups is 1. The van der Waals surface area contributed by atoms with Gasteiger partial charge in [-0.25, -0.2) is 18.2 Å². The number of H-pyrrole nitrogens is 1. The van der Waals surface area contributed by atoms with E-state index in [0.717, 1.165) is 24.0 Å². The predicted octanol–water partition coefficient (Wildman–Crippen LogP) is 2.84. The zero-order valence-corrected chi connectivity index (χ0v) is 18.7. The number of aromatic amines is 1. The summed E-state index contributed by atoms with van der Waals surface area (Å²) in [6.45, 7) is 2.35. The Labute approximate surface area is 181 Å². The molecule has 1 atom stereocenters. The number of ether oxygens (including phenoxy) is 2. The molecule has 0 radical (unpaired) electrons. The van der Waals surface area contributed by atoms with Gasteiger partial charge in [-0.3, -0.25) is 4.57 Å². The van der Waals surface area contributed by atoms with Crippen molar-refractivity contribution in [2.75, 3.05) is 25.7 Å². The van der Waals surface area contributed by atoms with Crippen molar-refractivity contribution >= 4 is 21.0 Å². The average molecular weight is 446 g/mol. The summed E-state index contributed by atoms with van der Waals surface area (Å²) in [5.74, 6) is 1.51. The highest BCUT2D eigenvalue weighted by Crippen LogP contribution is 2.40. The van der Waals surface area contributed by atoms with Gasteiger partial charge in [0.05, 0.1) is 31.0 Å². The van der Waals surface area contributed by atoms with Gasteiger partial charge in [-0.1, -0.05) is 6.07 Å². The molecular weight excluding hydrogens is 418 g/mol. The zero-order valence-electron chi connectivity index (χ0n) is 17.9. The van der Waals surface area contributed by atoms with E-state index in [4.69, 9.17) is 9.47 Å². The Kier molecular flexibility index (Phi) is 5.79. The van der Waals surface area contributed by atoms with Gasteiger partial charge in [0.2, 0.25) is 0 Å². The molecule has 2 heterocycles. The van der Waals surface area contributed by atoms with Crippen LogP contribution in [0.4, 0.5) is 0 Å². The smallest absolute Gasteiger partial charge is 0.327 e. The van der Waals surface area contributed by atoms with Crippen LogP contribution in [0.3, 0.4) is 0 Å². The van der Waals surface area contributed by atoms with Gasteiger partial charge in [0.1, 0.15) is 9.84 Å². The average Bonchev–Trinajstić information content (AvgIpc) is 3.49. The fourth-order valence-electron chi connectivity index (χ4n) is 3.97. The molecule has 0 bridgehead atoms. The van der Waals surface area contributed by atoms with Gasteiger partial charge in [-0.05, 0) is 61.4 Å². The lowest BCUT2D eigenvalue weighted by molar-refractivity contribution is 0.310. The summed E-state index contributed by atoms with van der Waals surface area (Å²) >= 11 is 0. The number of methoxy groups -OCH3 is 1. The minimum atomic E-state index is -3.36. The van der Waals surface area contributed by atoms with Crippen LogP contribution in [-0.2, 0) is 16.3 Å².